The third-order valence-corrected chi connectivity index (χ3v) is 3.54. The van der Waals surface area contributed by atoms with E-state index in [-0.39, 0.29) is 6.04 Å². The fourth-order valence-corrected chi connectivity index (χ4v) is 2.06. The second-order valence-corrected chi connectivity index (χ2v) is 4.85. The molecule has 0 heterocycles. The zero-order chi connectivity index (χ0) is 12.8. The Bertz CT molecular complexity index is 318. The lowest BCUT2D eigenvalue weighted by Gasteiger charge is -2.27. The third-order valence-electron chi connectivity index (χ3n) is 3.54. The van der Waals surface area contributed by atoms with Gasteiger partial charge in [-0.25, -0.2) is 0 Å². The van der Waals surface area contributed by atoms with Gasteiger partial charge in [-0.15, -0.1) is 0 Å². The quantitative estimate of drug-likeness (QED) is 0.813. The summed E-state index contributed by atoms with van der Waals surface area (Å²) in [5, 5.41) is 0. The molecule has 1 aromatic rings. The molecule has 0 saturated carbocycles. The van der Waals surface area contributed by atoms with Crippen molar-refractivity contribution < 1.29 is 0 Å². The molecule has 0 saturated heterocycles. The summed E-state index contributed by atoms with van der Waals surface area (Å²) < 4.78 is 0. The van der Waals surface area contributed by atoms with Crippen LogP contribution in [0.4, 0.5) is 5.69 Å². The SMILES string of the molecule is CCCC(C)N(C)c1ccc([C@H](N)CC)cc1. The Labute approximate surface area is 106 Å². The highest BCUT2D eigenvalue weighted by atomic mass is 15.1. The summed E-state index contributed by atoms with van der Waals surface area (Å²) in [6.45, 7) is 6.62. The number of benzene rings is 1. The van der Waals surface area contributed by atoms with Crippen molar-refractivity contribution in [3.63, 3.8) is 0 Å². The van der Waals surface area contributed by atoms with E-state index in [0.29, 0.717) is 6.04 Å². The molecular formula is C15H26N2. The van der Waals surface area contributed by atoms with Gasteiger partial charge in [-0.3, -0.25) is 0 Å². The molecule has 1 aromatic carbocycles. The monoisotopic (exact) mass is 234 g/mol. The number of nitrogens with zero attached hydrogens (tertiary/aromatic N) is 1. The van der Waals surface area contributed by atoms with Crippen LogP contribution < -0.4 is 10.6 Å². The molecule has 0 fully saturated rings. The van der Waals surface area contributed by atoms with E-state index in [9.17, 15) is 0 Å². The fourth-order valence-electron chi connectivity index (χ4n) is 2.06. The maximum absolute atomic E-state index is 6.01. The van der Waals surface area contributed by atoms with Crippen LogP contribution in [0.15, 0.2) is 24.3 Å². The number of rotatable bonds is 6. The Balaban J connectivity index is 2.73. The highest BCUT2D eigenvalue weighted by Crippen LogP contribution is 2.21. The van der Waals surface area contributed by atoms with Crippen molar-refractivity contribution in [2.24, 2.45) is 5.73 Å². The zero-order valence-corrected chi connectivity index (χ0v) is 11.6. The van der Waals surface area contributed by atoms with Crippen molar-refractivity contribution in [1.82, 2.24) is 0 Å². The van der Waals surface area contributed by atoms with Gasteiger partial charge in [0.25, 0.3) is 0 Å². The lowest BCUT2D eigenvalue weighted by Crippen LogP contribution is -2.28. The van der Waals surface area contributed by atoms with Crippen molar-refractivity contribution in [3.8, 4) is 0 Å². The molecule has 0 radical (unpaired) electrons. The maximum atomic E-state index is 6.01. The normalized spacial score (nSPS) is 14.4. The fraction of sp³-hybridized carbons (Fsp3) is 0.600. The number of hydrogen-bond donors (Lipinski definition) is 1. The van der Waals surface area contributed by atoms with Gasteiger partial charge in [-0.05, 0) is 37.5 Å². The van der Waals surface area contributed by atoms with Gasteiger partial charge in [0.1, 0.15) is 0 Å². The second kappa shape index (κ2) is 6.65. The molecular weight excluding hydrogens is 208 g/mol. The van der Waals surface area contributed by atoms with Crippen LogP contribution in [0, 0.1) is 0 Å². The Morgan fingerprint density at radius 3 is 2.24 bits per heavy atom. The van der Waals surface area contributed by atoms with Gasteiger partial charge in [-0.1, -0.05) is 32.4 Å². The van der Waals surface area contributed by atoms with Crippen molar-refractivity contribution in [3.05, 3.63) is 29.8 Å². The van der Waals surface area contributed by atoms with Gasteiger partial charge in [0.15, 0.2) is 0 Å². The standard InChI is InChI=1S/C15H26N2/c1-5-7-12(3)17(4)14-10-8-13(9-11-14)15(16)6-2/h8-12,15H,5-7,16H2,1-4H3/t12?,15-/m1/s1. The summed E-state index contributed by atoms with van der Waals surface area (Å²) in [6.07, 6.45) is 3.44. The number of hydrogen-bond acceptors (Lipinski definition) is 2. The van der Waals surface area contributed by atoms with Gasteiger partial charge in [-0.2, -0.15) is 0 Å². The second-order valence-electron chi connectivity index (χ2n) is 4.85. The van der Waals surface area contributed by atoms with Crippen LogP contribution >= 0.6 is 0 Å². The first kappa shape index (κ1) is 14.0. The number of anilines is 1. The molecule has 2 atom stereocenters. The molecule has 2 nitrogen and oxygen atoms in total. The van der Waals surface area contributed by atoms with Crippen LogP contribution in [0.5, 0.6) is 0 Å². The molecule has 0 bridgehead atoms. The first-order chi connectivity index (χ1) is 8.10. The minimum absolute atomic E-state index is 0.169. The molecule has 0 amide bonds. The van der Waals surface area contributed by atoms with E-state index in [1.54, 1.807) is 0 Å². The molecule has 0 spiro atoms. The Kier molecular flexibility index (Phi) is 5.49. The van der Waals surface area contributed by atoms with Crippen LogP contribution in [0.2, 0.25) is 0 Å². The van der Waals surface area contributed by atoms with E-state index < -0.39 is 0 Å². The lowest BCUT2D eigenvalue weighted by atomic mass is 10.0. The Morgan fingerprint density at radius 1 is 1.18 bits per heavy atom. The maximum Gasteiger partial charge on any atom is 0.0366 e. The van der Waals surface area contributed by atoms with E-state index in [4.69, 9.17) is 5.73 Å². The van der Waals surface area contributed by atoms with E-state index >= 15 is 0 Å². The van der Waals surface area contributed by atoms with Crippen molar-refractivity contribution in [2.75, 3.05) is 11.9 Å². The van der Waals surface area contributed by atoms with Gasteiger partial charge in [0.05, 0.1) is 0 Å². The Morgan fingerprint density at radius 2 is 1.76 bits per heavy atom. The van der Waals surface area contributed by atoms with Crippen LogP contribution in [-0.4, -0.2) is 13.1 Å². The molecule has 0 aliphatic rings. The summed E-state index contributed by atoms with van der Waals surface area (Å²) in [6, 6.07) is 9.42. The van der Waals surface area contributed by atoms with Crippen LogP contribution in [-0.2, 0) is 0 Å². The first-order valence-electron chi connectivity index (χ1n) is 6.68. The smallest absolute Gasteiger partial charge is 0.0366 e. The Hall–Kier alpha value is -1.02. The van der Waals surface area contributed by atoms with E-state index in [1.165, 1.54) is 24.1 Å². The van der Waals surface area contributed by atoms with Crippen molar-refractivity contribution in [2.45, 2.75) is 52.1 Å². The molecule has 96 valence electrons. The predicted octanol–water partition coefficient (Wildman–Crippen LogP) is 3.72. The van der Waals surface area contributed by atoms with E-state index in [0.717, 1.165) is 6.42 Å². The highest BCUT2D eigenvalue weighted by molar-refractivity contribution is 5.48. The molecule has 17 heavy (non-hydrogen) atoms. The van der Waals surface area contributed by atoms with E-state index in [2.05, 4.69) is 57.0 Å². The van der Waals surface area contributed by atoms with Crippen molar-refractivity contribution >= 4 is 5.69 Å². The third kappa shape index (κ3) is 3.74. The molecule has 1 unspecified atom stereocenters. The molecule has 2 heteroatoms. The number of nitrogens with two attached hydrogens (primary N) is 1. The van der Waals surface area contributed by atoms with Gasteiger partial charge in [0.2, 0.25) is 0 Å². The van der Waals surface area contributed by atoms with Crippen LogP contribution in [0.3, 0.4) is 0 Å². The van der Waals surface area contributed by atoms with Crippen molar-refractivity contribution in [1.29, 1.82) is 0 Å². The summed E-state index contributed by atoms with van der Waals surface area (Å²) in [5.41, 5.74) is 8.52. The summed E-state index contributed by atoms with van der Waals surface area (Å²) in [4.78, 5) is 2.34. The van der Waals surface area contributed by atoms with Gasteiger partial charge < -0.3 is 10.6 Å². The molecule has 0 aliphatic heterocycles. The molecule has 0 aromatic heterocycles. The minimum atomic E-state index is 0.169. The summed E-state index contributed by atoms with van der Waals surface area (Å²) in [7, 11) is 2.16. The minimum Gasteiger partial charge on any atom is -0.372 e. The van der Waals surface area contributed by atoms with Crippen LogP contribution in [0.1, 0.15) is 51.6 Å². The van der Waals surface area contributed by atoms with Gasteiger partial charge >= 0.3 is 0 Å². The lowest BCUT2D eigenvalue weighted by molar-refractivity contribution is 0.616. The predicted molar refractivity (Wildman–Crippen MR) is 76.4 cm³/mol. The molecule has 0 aliphatic carbocycles. The average molecular weight is 234 g/mol. The average Bonchev–Trinajstić information content (AvgIpc) is 2.37. The first-order valence-corrected chi connectivity index (χ1v) is 6.68. The topological polar surface area (TPSA) is 29.3 Å². The van der Waals surface area contributed by atoms with Gasteiger partial charge in [0, 0.05) is 24.8 Å². The van der Waals surface area contributed by atoms with Crippen LogP contribution in [0.25, 0.3) is 0 Å². The zero-order valence-electron chi connectivity index (χ0n) is 11.6. The largest absolute Gasteiger partial charge is 0.372 e. The molecule has 2 N–H and O–H groups in total. The molecule has 1 rings (SSSR count). The summed E-state index contributed by atoms with van der Waals surface area (Å²) in [5.74, 6) is 0. The highest BCUT2D eigenvalue weighted by Gasteiger charge is 2.09. The summed E-state index contributed by atoms with van der Waals surface area (Å²) >= 11 is 0. The van der Waals surface area contributed by atoms with E-state index in [1.807, 2.05) is 0 Å².